The van der Waals surface area contributed by atoms with Gasteiger partial charge < -0.3 is 9.64 Å². The van der Waals surface area contributed by atoms with Gasteiger partial charge in [0.1, 0.15) is 6.04 Å². The highest BCUT2D eigenvalue weighted by Gasteiger charge is 2.24. The number of hydrogen-bond donors (Lipinski definition) is 0. The minimum Gasteiger partial charge on any atom is -0.464 e. The molecule has 1 amide bonds. The van der Waals surface area contributed by atoms with Gasteiger partial charge in [-0.3, -0.25) is 4.79 Å². The number of esters is 1. The predicted molar refractivity (Wildman–Crippen MR) is 165 cm³/mol. The molecule has 0 N–H and O–H groups in total. The smallest absolute Gasteiger partial charge is 0.328 e. The van der Waals surface area contributed by atoms with Crippen molar-refractivity contribution in [3.63, 3.8) is 0 Å². The molecule has 0 radical (unpaired) electrons. The predicted octanol–water partition coefficient (Wildman–Crippen LogP) is 10.4. The first-order valence-electron chi connectivity index (χ1n) is 16.9. The van der Waals surface area contributed by atoms with Crippen molar-refractivity contribution < 1.29 is 14.3 Å². The van der Waals surface area contributed by atoms with E-state index in [1.807, 2.05) is 6.92 Å². The fraction of sp³-hybridized carbons (Fsp3) is 0.941. The Kier molecular flexibility index (Phi) is 26.7. The maximum absolute atomic E-state index is 12.8. The summed E-state index contributed by atoms with van der Waals surface area (Å²) in [4.78, 5) is 27.0. The molecule has 2 atom stereocenters. The second-order valence-corrected chi connectivity index (χ2v) is 11.9. The summed E-state index contributed by atoms with van der Waals surface area (Å²) < 4.78 is 5.77. The lowest BCUT2D eigenvalue weighted by Crippen LogP contribution is -2.41. The van der Waals surface area contributed by atoms with Crippen LogP contribution in [0.3, 0.4) is 0 Å². The van der Waals surface area contributed by atoms with Crippen molar-refractivity contribution >= 4 is 11.9 Å². The second-order valence-electron chi connectivity index (χ2n) is 11.9. The van der Waals surface area contributed by atoms with Gasteiger partial charge in [-0.2, -0.15) is 0 Å². The van der Waals surface area contributed by atoms with Crippen LogP contribution in [-0.4, -0.2) is 36.5 Å². The molecule has 0 aromatic heterocycles. The Labute approximate surface area is 238 Å². The summed E-state index contributed by atoms with van der Waals surface area (Å²) in [6, 6.07) is -0.509. The van der Waals surface area contributed by atoms with Crippen LogP contribution in [-0.2, 0) is 14.3 Å². The Morgan fingerprint density at radius 3 is 1.39 bits per heavy atom. The van der Waals surface area contributed by atoms with Crippen molar-refractivity contribution in [2.75, 3.05) is 13.7 Å². The molecule has 0 bridgehead atoms. The molecule has 0 saturated carbocycles. The molecule has 0 aliphatic heterocycles. The van der Waals surface area contributed by atoms with Gasteiger partial charge in [0.15, 0.2) is 0 Å². The fourth-order valence-electron chi connectivity index (χ4n) is 5.20. The van der Waals surface area contributed by atoms with E-state index in [4.69, 9.17) is 4.74 Å². The van der Waals surface area contributed by atoms with Crippen LogP contribution in [0, 0.1) is 5.92 Å². The Bertz CT molecular complexity index is 536. The molecule has 4 heteroatoms. The van der Waals surface area contributed by atoms with E-state index in [2.05, 4.69) is 20.8 Å². The molecule has 2 unspecified atom stereocenters. The third-order valence-corrected chi connectivity index (χ3v) is 8.20. The van der Waals surface area contributed by atoms with Gasteiger partial charge in [0.05, 0.1) is 6.61 Å². The van der Waals surface area contributed by atoms with E-state index in [-0.39, 0.29) is 11.9 Å². The zero-order chi connectivity index (χ0) is 28.3. The summed E-state index contributed by atoms with van der Waals surface area (Å²) in [5.74, 6) is 0.265. The Morgan fingerprint density at radius 1 is 0.579 bits per heavy atom. The van der Waals surface area contributed by atoms with E-state index in [1.54, 1.807) is 11.9 Å². The zero-order valence-electron chi connectivity index (χ0n) is 26.5. The summed E-state index contributed by atoms with van der Waals surface area (Å²) in [5.41, 5.74) is 0. The summed E-state index contributed by atoms with van der Waals surface area (Å²) in [7, 11) is 1.76. The van der Waals surface area contributed by atoms with E-state index in [9.17, 15) is 9.59 Å². The Hall–Kier alpha value is -1.06. The molecule has 0 spiro atoms. The molecule has 0 fully saturated rings. The van der Waals surface area contributed by atoms with Gasteiger partial charge >= 0.3 is 5.97 Å². The van der Waals surface area contributed by atoms with Crippen molar-refractivity contribution in [2.24, 2.45) is 5.92 Å². The van der Waals surface area contributed by atoms with Crippen LogP contribution >= 0.6 is 0 Å². The average Bonchev–Trinajstić information content (AvgIpc) is 2.92. The van der Waals surface area contributed by atoms with Crippen LogP contribution in [0.15, 0.2) is 0 Å². The quantitative estimate of drug-likeness (QED) is 0.0736. The van der Waals surface area contributed by atoms with E-state index < -0.39 is 6.04 Å². The van der Waals surface area contributed by atoms with Crippen molar-refractivity contribution in [1.82, 2.24) is 4.90 Å². The van der Waals surface area contributed by atoms with Gasteiger partial charge in [-0.15, -0.1) is 0 Å². The van der Waals surface area contributed by atoms with Crippen LogP contribution in [0.25, 0.3) is 0 Å². The number of carbonyl (C=O) groups excluding carboxylic acids is 2. The third kappa shape index (κ3) is 21.8. The minimum absolute atomic E-state index is 0.0635. The average molecular weight is 538 g/mol. The number of likely N-dealkylation sites (N-methyl/N-ethyl adjacent to an activating group) is 1. The summed E-state index contributed by atoms with van der Waals surface area (Å²) >= 11 is 0. The minimum atomic E-state index is -0.509. The number of ether oxygens (including phenoxy) is 1. The van der Waals surface area contributed by atoms with Gasteiger partial charge in [0.2, 0.25) is 5.91 Å². The maximum atomic E-state index is 12.8. The first kappa shape index (κ1) is 36.9. The monoisotopic (exact) mass is 538 g/mol. The highest BCUT2D eigenvalue weighted by molar-refractivity contribution is 5.84. The lowest BCUT2D eigenvalue weighted by Gasteiger charge is -2.25. The number of nitrogens with zero attached hydrogens (tertiary/aromatic N) is 1. The van der Waals surface area contributed by atoms with Crippen molar-refractivity contribution in [2.45, 2.75) is 188 Å². The molecule has 0 aliphatic carbocycles. The van der Waals surface area contributed by atoms with Crippen LogP contribution in [0.5, 0.6) is 0 Å². The normalized spacial score (nSPS) is 12.9. The van der Waals surface area contributed by atoms with Gasteiger partial charge in [-0.05, 0) is 32.1 Å². The standard InChI is InChI=1S/C34H67NO3/c1-6-9-12-15-17-18-19-20-21-23-26-29-33(36)35(5)31(4)34(37)38-30-32(27-24-14-11-8-3)28-25-22-16-13-10-7-2/h31-32H,6-30H2,1-5H3. The van der Waals surface area contributed by atoms with Gasteiger partial charge in [-0.1, -0.05) is 149 Å². The first-order valence-corrected chi connectivity index (χ1v) is 16.9. The number of carbonyl (C=O) groups is 2. The SMILES string of the molecule is CCCCCCCCCCCCCC(=O)N(C)C(C)C(=O)OCC(CCCCCC)CCCCCCCC. The molecule has 4 nitrogen and oxygen atoms in total. The lowest BCUT2D eigenvalue weighted by atomic mass is 9.95. The van der Waals surface area contributed by atoms with Gasteiger partial charge in [0, 0.05) is 13.5 Å². The summed E-state index contributed by atoms with van der Waals surface area (Å²) in [6.07, 6.45) is 29.6. The number of hydrogen-bond acceptors (Lipinski definition) is 3. The number of amides is 1. The number of rotatable bonds is 28. The fourth-order valence-corrected chi connectivity index (χ4v) is 5.20. The molecule has 0 saturated heterocycles. The van der Waals surface area contributed by atoms with E-state index in [0.717, 1.165) is 25.7 Å². The lowest BCUT2D eigenvalue weighted by molar-refractivity contribution is -0.154. The molecular formula is C34H67NO3. The Morgan fingerprint density at radius 2 is 0.947 bits per heavy atom. The zero-order valence-corrected chi connectivity index (χ0v) is 26.5. The van der Waals surface area contributed by atoms with E-state index in [0.29, 0.717) is 18.9 Å². The van der Waals surface area contributed by atoms with Crippen molar-refractivity contribution in [3.05, 3.63) is 0 Å². The molecule has 0 aromatic rings. The van der Waals surface area contributed by atoms with Crippen molar-refractivity contribution in [1.29, 1.82) is 0 Å². The van der Waals surface area contributed by atoms with Crippen LogP contribution in [0.2, 0.25) is 0 Å². The van der Waals surface area contributed by atoms with Crippen LogP contribution in [0.4, 0.5) is 0 Å². The summed E-state index contributed by atoms with van der Waals surface area (Å²) in [5, 5.41) is 0. The third-order valence-electron chi connectivity index (χ3n) is 8.20. The highest BCUT2D eigenvalue weighted by atomic mass is 16.5. The van der Waals surface area contributed by atoms with E-state index in [1.165, 1.54) is 122 Å². The molecule has 0 aliphatic rings. The van der Waals surface area contributed by atoms with Gasteiger partial charge in [0.25, 0.3) is 0 Å². The van der Waals surface area contributed by atoms with E-state index >= 15 is 0 Å². The molecule has 0 heterocycles. The van der Waals surface area contributed by atoms with Crippen LogP contribution < -0.4 is 0 Å². The van der Waals surface area contributed by atoms with Crippen LogP contribution in [0.1, 0.15) is 182 Å². The highest BCUT2D eigenvalue weighted by Crippen LogP contribution is 2.20. The van der Waals surface area contributed by atoms with Crippen molar-refractivity contribution in [3.8, 4) is 0 Å². The molecule has 226 valence electrons. The number of unbranched alkanes of at least 4 members (excludes halogenated alkanes) is 18. The Balaban J connectivity index is 4.18. The molecule has 0 rings (SSSR count). The maximum Gasteiger partial charge on any atom is 0.328 e. The topological polar surface area (TPSA) is 46.6 Å². The first-order chi connectivity index (χ1) is 18.5. The second kappa shape index (κ2) is 27.5. The molecule has 38 heavy (non-hydrogen) atoms. The summed E-state index contributed by atoms with van der Waals surface area (Å²) in [6.45, 7) is 9.08. The largest absolute Gasteiger partial charge is 0.464 e. The van der Waals surface area contributed by atoms with Gasteiger partial charge in [-0.25, -0.2) is 4.79 Å². The molecular weight excluding hydrogens is 470 g/mol. The molecule has 0 aromatic carbocycles.